The molecule has 0 aliphatic carbocycles. The highest BCUT2D eigenvalue weighted by Gasteiger charge is 2.32. The summed E-state index contributed by atoms with van der Waals surface area (Å²) in [5.41, 5.74) is 5.88. The summed E-state index contributed by atoms with van der Waals surface area (Å²) in [6.45, 7) is 4.90. The fraction of sp³-hybridized carbons (Fsp3) is 0.900. The van der Waals surface area contributed by atoms with Gasteiger partial charge in [0.1, 0.15) is 0 Å². The SMILES string of the molecule is CC1C(N)CCN1C(=O)CC1CNC1.Cl. The summed E-state index contributed by atoms with van der Waals surface area (Å²) in [5.74, 6) is 0.850. The average Bonchev–Trinajstić information content (AvgIpc) is 2.41. The first-order valence-corrected chi connectivity index (χ1v) is 5.44. The van der Waals surface area contributed by atoms with Gasteiger partial charge in [0, 0.05) is 25.0 Å². The molecule has 88 valence electrons. The van der Waals surface area contributed by atoms with Gasteiger partial charge in [-0.2, -0.15) is 0 Å². The van der Waals surface area contributed by atoms with Gasteiger partial charge in [-0.25, -0.2) is 0 Å². The molecule has 3 N–H and O–H groups in total. The Kier molecular flexibility index (Phi) is 4.37. The van der Waals surface area contributed by atoms with Crippen LogP contribution in [-0.2, 0) is 4.79 Å². The van der Waals surface area contributed by atoms with E-state index in [1.54, 1.807) is 0 Å². The van der Waals surface area contributed by atoms with Crippen molar-refractivity contribution >= 4 is 18.3 Å². The van der Waals surface area contributed by atoms with Gasteiger partial charge in [-0.05, 0) is 32.4 Å². The minimum atomic E-state index is 0. The third kappa shape index (κ3) is 2.62. The van der Waals surface area contributed by atoms with Gasteiger partial charge < -0.3 is 16.0 Å². The van der Waals surface area contributed by atoms with Gasteiger partial charge in [-0.3, -0.25) is 4.79 Å². The lowest BCUT2D eigenvalue weighted by Crippen LogP contribution is -2.47. The van der Waals surface area contributed by atoms with Crippen molar-refractivity contribution in [3.63, 3.8) is 0 Å². The zero-order valence-corrected chi connectivity index (χ0v) is 9.93. The van der Waals surface area contributed by atoms with Crippen LogP contribution in [0.1, 0.15) is 19.8 Å². The Morgan fingerprint density at radius 1 is 1.53 bits per heavy atom. The lowest BCUT2D eigenvalue weighted by molar-refractivity contribution is -0.133. The molecule has 2 aliphatic heterocycles. The quantitative estimate of drug-likeness (QED) is 0.704. The molecule has 0 aromatic heterocycles. The smallest absolute Gasteiger partial charge is 0.223 e. The maximum absolute atomic E-state index is 11.8. The van der Waals surface area contributed by atoms with Crippen molar-refractivity contribution < 1.29 is 4.79 Å². The number of nitrogens with zero attached hydrogens (tertiary/aromatic N) is 1. The Morgan fingerprint density at radius 3 is 2.60 bits per heavy atom. The van der Waals surface area contributed by atoms with E-state index < -0.39 is 0 Å². The minimum Gasteiger partial charge on any atom is -0.338 e. The van der Waals surface area contributed by atoms with E-state index in [0.717, 1.165) is 26.1 Å². The largest absolute Gasteiger partial charge is 0.338 e. The number of hydrogen-bond donors (Lipinski definition) is 2. The van der Waals surface area contributed by atoms with E-state index in [0.29, 0.717) is 12.3 Å². The number of carbonyl (C=O) groups excluding carboxylic acids is 1. The number of nitrogens with one attached hydrogen (secondary N) is 1. The highest BCUT2D eigenvalue weighted by atomic mass is 35.5. The molecule has 0 radical (unpaired) electrons. The number of hydrogen-bond acceptors (Lipinski definition) is 3. The number of nitrogens with two attached hydrogens (primary N) is 1. The molecule has 4 nitrogen and oxygen atoms in total. The first kappa shape index (κ1) is 12.7. The highest BCUT2D eigenvalue weighted by molar-refractivity contribution is 5.85. The lowest BCUT2D eigenvalue weighted by Gasteiger charge is -2.30. The van der Waals surface area contributed by atoms with E-state index in [2.05, 4.69) is 12.2 Å². The molecule has 2 rings (SSSR count). The first-order valence-electron chi connectivity index (χ1n) is 5.44. The summed E-state index contributed by atoms with van der Waals surface area (Å²) in [5, 5.41) is 3.18. The summed E-state index contributed by atoms with van der Waals surface area (Å²) in [6, 6.07) is 0.411. The molecule has 2 heterocycles. The molecule has 0 aromatic carbocycles. The van der Waals surface area contributed by atoms with Crippen molar-refractivity contribution in [2.45, 2.75) is 31.8 Å². The van der Waals surface area contributed by atoms with Gasteiger partial charge in [0.25, 0.3) is 0 Å². The number of carbonyl (C=O) groups is 1. The molecule has 0 aromatic rings. The van der Waals surface area contributed by atoms with Gasteiger partial charge in [0.05, 0.1) is 0 Å². The zero-order valence-electron chi connectivity index (χ0n) is 9.11. The average molecular weight is 234 g/mol. The molecule has 2 unspecified atom stereocenters. The Hall–Kier alpha value is -0.320. The van der Waals surface area contributed by atoms with Gasteiger partial charge in [-0.15, -0.1) is 12.4 Å². The number of amides is 1. The fourth-order valence-electron chi connectivity index (χ4n) is 2.17. The number of rotatable bonds is 2. The maximum atomic E-state index is 11.8. The van der Waals surface area contributed by atoms with Crippen LogP contribution in [-0.4, -0.2) is 42.5 Å². The topological polar surface area (TPSA) is 58.4 Å². The van der Waals surface area contributed by atoms with Crippen molar-refractivity contribution in [2.24, 2.45) is 11.7 Å². The maximum Gasteiger partial charge on any atom is 0.223 e. The van der Waals surface area contributed by atoms with Gasteiger partial charge in [-0.1, -0.05) is 0 Å². The van der Waals surface area contributed by atoms with E-state index in [9.17, 15) is 4.79 Å². The molecule has 0 saturated carbocycles. The van der Waals surface area contributed by atoms with Crippen LogP contribution in [0.3, 0.4) is 0 Å². The lowest BCUT2D eigenvalue weighted by atomic mass is 9.98. The Bertz CT molecular complexity index is 233. The Balaban J connectivity index is 0.00000112. The second-order valence-corrected chi connectivity index (χ2v) is 4.51. The molecule has 2 aliphatic rings. The van der Waals surface area contributed by atoms with Crippen LogP contribution < -0.4 is 11.1 Å². The van der Waals surface area contributed by atoms with Crippen molar-refractivity contribution in [3.8, 4) is 0 Å². The van der Waals surface area contributed by atoms with E-state index in [1.165, 1.54) is 0 Å². The molecule has 2 atom stereocenters. The monoisotopic (exact) mass is 233 g/mol. The van der Waals surface area contributed by atoms with E-state index in [4.69, 9.17) is 5.73 Å². The Morgan fingerprint density at radius 2 is 2.20 bits per heavy atom. The van der Waals surface area contributed by atoms with Crippen molar-refractivity contribution in [2.75, 3.05) is 19.6 Å². The second-order valence-electron chi connectivity index (χ2n) is 4.51. The molecule has 5 heteroatoms. The third-order valence-corrected chi connectivity index (χ3v) is 3.46. The second kappa shape index (κ2) is 5.14. The zero-order chi connectivity index (χ0) is 10.1. The predicted molar refractivity (Wildman–Crippen MR) is 62.0 cm³/mol. The fourth-order valence-corrected chi connectivity index (χ4v) is 2.17. The van der Waals surface area contributed by atoms with E-state index >= 15 is 0 Å². The summed E-state index contributed by atoms with van der Waals surface area (Å²) in [6.07, 6.45) is 1.65. The molecule has 0 bridgehead atoms. The van der Waals surface area contributed by atoms with Crippen LogP contribution in [0, 0.1) is 5.92 Å². The summed E-state index contributed by atoms with van der Waals surface area (Å²) < 4.78 is 0. The highest BCUT2D eigenvalue weighted by Crippen LogP contribution is 2.19. The molecule has 15 heavy (non-hydrogen) atoms. The number of likely N-dealkylation sites (tertiary alicyclic amines) is 1. The molecule has 2 saturated heterocycles. The molecular formula is C10H20ClN3O. The predicted octanol–water partition coefficient (Wildman–Crippen LogP) is -0.0342. The van der Waals surface area contributed by atoms with Gasteiger partial charge >= 0.3 is 0 Å². The standard InChI is InChI=1S/C10H19N3O.ClH/c1-7-9(11)2-3-13(7)10(14)4-8-5-12-6-8;/h7-9,12H,2-6,11H2,1H3;1H. The molecule has 0 spiro atoms. The van der Waals surface area contributed by atoms with Gasteiger partial charge in [0.15, 0.2) is 0 Å². The first-order chi connectivity index (χ1) is 6.68. The van der Waals surface area contributed by atoms with Crippen molar-refractivity contribution in [3.05, 3.63) is 0 Å². The molecular weight excluding hydrogens is 214 g/mol. The van der Waals surface area contributed by atoms with E-state index in [-0.39, 0.29) is 30.4 Å². The van der Waals surface area contributed by atoms with E-state index in [1.807, 2.05) is 4.90 Å². The van der Waals surface area contributed by atoms with Crippen molar-refractivity contribution in [1.29, 1.82) is 0 Å². The summed E-state index contributed by atoms with van der Waals surface area (Å²) in [4.78, 5) is 13.8. The molecule has 1 amide bonds. The summed E-state index contributed by atoms with van der Waals surface area (Å²) in [7, 11) is 0. The van der Waals surface area contributed by atoms with Gasteiger partial charge in [0.2, 0.25) is 5.91 Å². The van der Waals surface area contributed by atoms with Crippen LogP contribution in [0.2, 0.25) is 0 Å². The minimum absolute atomic E-state index is 0. The van der Waals surface area contributed by atoms with Crippen LogP contribution in [0.25, 0.3) is 0 Å². The number of halogens is 1. The third-order valence-electron chi connectivity index (χ3n) is 3.46. The van der Waals surface area contributed by atoms with Crippen LogP contribution in [0.4, 0.5) is 0 Å². The Labute approximate surface area is 97.0 Å². The molecule has 2 fully saturated rings. The van der Waals surface area contributed by atoms with Crippen LogP contribution in [0.5, 0.6) is 0 Å². The van der Waals surface area contributed by atoms with Crippen LogP contribution >= 0.6 is 12.4 Å². The normalized spacial score (nSPS) is 30.9. The van der Waals surface area contributed by atoms with Crippen molar-refractivity contribution in [1.82, 2.24) is 10.2 Å². The van der Waals surface area contributed by atoms with Crippen LogP contribution in [0.15, 0.2) is 0 Å². The summed E-state index contributed by atoms with van der Waals surface area (Å²) >= 11 is 0.